The van der Waals surface area contributed by atoms with Crippen LogP contribution >= 0.6 is 0 Å². The van der Waals surface area contributed by atoms with E-state index in [2.05, 4.69) is 15.0 Å². The van der Waals surface area contributed by atoms with Gasteiger partial charge in [0.15, 0.2) is 23.5 Å². The Labute approximate surface area is 134 Å². The van der Waals surface area contributed by atoms with Crippen molar-refractivity contribution in [2.45, 2.75) is 37.4 Å². The van der Waals surface area contributed by atoms with E-state index >= 15 is 0 Å². The number of aliphatic carboxylic acids is 1. The number of fused-ring (bicyclic) bond motifs is 1. The highest BCUT2D eigenvalue weighted by Gasteiger charge is 2.47. The molecule has 0 saturated carbocycles. The van der Waals surface area contributed by atoms with Crippen molar-refractivity contribution in [2.75, 3.05) is 5.73 Å². The largest absolute Gasteiger partial charge is 0.481 e. The number of aromatic nitrogens is 4. The van der Waals surface area contributed by atoms with E-state index in [1.165, 1.54) is 17.2 Å². The molecule has 1 aliphatic heterocycles. The summed E-state index contributed by atoms with van der Waals surface area (Å²) in [5, 5.41) is 28.9. The number of rotatable bonds is 5. The van der Waals surface area contributed by atoms with Crippen LogP contribution in [-0.2, 0) is 14.3 Å². The monoisotopic (exact) mass is 337 g/mol. The zero-order valence-corrected chi connectivity index (χ0v) is 12.3. The van der Waals surface area contributed by atoms with Crippen molar-refractivity contribution in [2.24, 2.45) is 0 Å². The molecule has 11 nitrogen and oxygen atoms in total. The number of nitrogen functional groups attached to an aromatic ring is 1. The lowest BCUT2D eigenvalue weighted by Gasteiger charge is -2.16. The molecule has 2 aromatic rings. The SMILES string of the molecule is Nc1ncnc2c1ncn2C1OC(C(=O)CCC(=O)O)C(O)C1O. The van der Waals surface area contributed by atoms with Gasteiger partial charge in [-0.3, -0.25) is 14.2 Å². The Kier molecular flexibility index (Phi) is 4.13. The molecule has 3 rings (SSSR count). The van der Waals surface area contributed by atoms with Gasteiger partial charge in [-0.1, -0.05) is 0 Å². The molecule has 0 spiro atoms. The number of nitrogens with zero attached hydrogens (tertiary/aromatic N) is 4. The van der Waals surface area contributed by atoms with Gasteiger partial charge in [0.05, 0.1) is 12.7 Å². The van der Waals surface area contributed by atoms with Crippen LogP contribution in [0.2, 0.25) is 0 Å². The van der Waals surface area contributed by atoms with Gasteiger partial charge in [0.2, 0.25) is 0 Å². The van der Waals surface area contributed by atoms with Crippen molar-refractivity contribution in [3.8, 4) is 0 Å². The molecule has 1 saturated heterocycles. The number of carbonyl (C=O) groups is 2. The number of aliphatic hydroxyl groups is 2. The molecule has 0 amide bonds. The number of aliphatic hydroxyl groups excluding tert-OH is 2. The summed E-state index contributed by atoms with van der Waals surface area (Å²) in [6.07, 6.45) is -3.53. The summed E-state index contributed by atoms with van der Waals surface area (Å²) in [5.41, 5.74) is 6.25. The molecule has 5 N–H and O–H groups in total. The fraction of sp³-hybridized carbons (Fsp3) is 0.462. The summed E-state index contributed by atoms with van der Waals surface area (Å²) in [6.45, 7) is 0. The molecule has 11 heteroatoms. The number of ketones is 1. The first-order valence-electron chi connectivity index (χ1n) is 7.09. The number of ether oxygens (including phenoxy) is 1. The first-order valence-corrected chi connectivity index (χ1v) is 7.09. The highest BCUT2D eigenvalue weighted by atomic mass is 16.6. The highest BCUT2D eigenvalue weighted by molar-refractivity contribution is 5.87. The molecular weight excluding hydrogens is 322 g/mol. The lowest BCUT2D eigenvalue weighted by Crippen LogP contribution is -2.36. The Morgan fingerprint density at radius 3 is 2.67 bits per heavy atom. The standard InChI is InChI=1S/C13H15N5O6/c14-11-7-12(16-3-15-11)18(4-17-7)13-9(23)8(22)10(24-13)5(19)1-2-6(20)21/h3-4,8-10,13,22-23H,1-2H2,(H,20,21)(H2,14,15,16). The van der Waals surface area contributed by atoms with Gasteiger partial charge in [0.1, 0.15) is 30.2 Å². The second kappa shape index (κ2) is 6.11. The molecule has 128 valence electrons. The number of hydrogen-bond donors (Lipinski definition) is 4. The van der Waals surface area contributed by atoms with Crippen LogP contribution in [0.15, 0.2) is 12.7 Å². The number of Topliss-reactive ketones (excluding diaryl/α,β-unsaturated/α-hetero) is 1. The van der Waals surface area contributed by atoms with Crippen LogP contribution in [0.4, 0.5) is 5.82 Å². The van der Waals surface area contributed by atoms with E-state index in [4.69, 9.17) is 15.6 Å². The molecule has 0 aliphatic carbocycles. The Balaban J connectivity index is 1.85. The molecule has 4 atom stereocenters. The molecule has 0 bridgehead atoms. The van der Waals surface area contributed by atoms with Crippen LogP contribution in [-0.4, -0.2) is 64.9 Å². The predicted molar refractivity (Wildman–Crippen MR) is 77.5 cm³/mol. The van der Waals surface area contributed by atoms with Crippen LogP contribution in [0.5, 0.6) is 0 Å². The average Bonchev–Trinajstić information content (AvgIpc) is 3.09. The van der Waals surface area contributed by atoms with E-state index in [9.17, 15) is 19.8 Å². The minimum Gasteiger partial charge on any atom is -0.481 e. The van der Waals surface area contributed by atoms with Crippen molar-refractivity contribution >= 4 is 28.7 Å². The molecule has 24 heavy (non-hydrogen) atoms. The van der Waals surface area contributed by atoms with Crippen LogP contribution in [0.25, 0.3) is 11.2 Å². The van der Waals surface area contributed by atoms with E-state index in [0.717, 1.165) is 0 Å². The number of carboxylic acids is 1. The third kappa shape index (κ3) is 2.68. The smallest absolute Gasteiger partial charge is 0.303 e. The van der Waals surface area contributed by atoms with Crippen LogP contribution in [0, 0.1) is 0 Å². The molecule has 2 aromatic heterocycles. The summed E-state index contributed by atoms with van der Waals surface area (Å²) in [4.78, 5) is 34.4. The molecule has 4 unspecified atom stereocenters. The minimum atomic E-state index is -1.49. The maximum absolute atomic E-state index is 12.0. The van der Waals surface area contributed by atoms with Crippen LogP contribution in [0.1, 0.15) is 19.1 Å². The summed E-state index contributed by atoms with van der Waals surface area (Å²) in [6, 6.07) is 0. The fourth-order valence-corrected chi connectivity index (χ4v) is 2.58. The molecular formula is C13H15N5O6. The molecule has 3 heterocycles. The summed E-state index contributed by atoms with van der Waals surface area (Å²) < 4.78 is 6.79. The Bertz CT molecular complexity index is 792. The maximum Gasteiger partial charge on any atom is 0.303 e. The van der Waals surface area contributed by atoms with Gasteiger partial charge in [0.25, 0.3) is 0 Å². The number of anilines is 1. The van der Waals surface area contributed by atoms with E-state index in [1.54, 1.807) is 0 Å². The average molecular weight is 337 g/mol. The number of imidazole rings is 1. The van der Waals surface area contributed by atoms with Gasteiger partial charge >= 0.3 is 5.97 Å². The summed E-state index contributed by atoms with van der Waals surface area (Å²) in [7, 11) is 0. The van der Waals surface area contributed by atoms with Crippen molar-refractivity contribution in [3.05, 3.63) is 12.7 Å². The highest BCUT2D eigenvalue weighted by Crippen LogP contribution is 2.32. The van der Waals surface area contributed by atoms with Gasteiger partial charge in [-0.05, 0) is 0 Å². The Hall–Kier alpha value is -2.63. The van der Waals surface area contributed by atoms with Crippen LogP contribution in [0.3, 0.4) is 0 Å². The maximum atomic E-state index is 12.0. The number of nitrogens with two attached hydrogens (primary N) is 1. The molecule has 0 radical (unpaired) electrons. The summed E-state index contributed by atoms with van der Waals surface area (Å²) >= 11 is 0. The summed E-state index contributed by atoms with van der Waals surface area (Å²) in [5.74, 6) is -1.61. The van der Waals surface area contributed by atoms with Crippen molar-refractivity contribution < 1.29 is 29.6 Å². The van der Waals surface area contributed by atoms with Gasteiger partial charge in [0, 0.05) is 6.42 Å². The molecule has 1 fully saturated rings. The van der Waals surface area contributed by atoms with E-state index < -0.39 is 36.3 Å². The molecule has 1 aliphatic rings. The van der Waals surface area contributed by atoms with Gasteiger partial charge in [-0.2, -0.15) is 0 Å². The van der Waals surface area contributed by atoms with Gasteiger partial charge in [-0.25, -0.2) is 15.0 Å². The lowest BCUT2D eigenvalue weighted by atomic mass is 10.0. The number of carbonyl (C=O) groups excluding carboxylic acids is 1. The zero-order valence-electron chi connectivity index (χ0n) is 12.3. The zero-order chi connectivity index (χ0) is 17.4. The first-order chi connectivity index (χ1) is 11.4. The second-order valence-corrected chi connectivity index (χ2v) is 5.37. The van der Waals surface area contributed by atoms with Crippen molar-refractivity contribution in [1.29, 1.82) is 0 Å². The topological polar surface area (TPSA) is 174 Å². The van der Waals surface area contributed by atoms with Gasteiger partial charge in [-0.15, -0.1) is 0 Å². The van der Waals surface area contributed by atoms with Crippen LogP contribution < -0.4 is 5.73 Å². The van der Waals surface area contributed by atoms with Crippen molar-refractivity contribution in [1.82, 2.24) is 19.5 Å². The van der Waals surface area contributed by atoms with Gasteiger partial charge < -0.3 is 25.8 Å². The van der Waals surface area contributed by atoms with E-state index in [-0.39, 0.29) is 24.3 Å². The quantitative estimate of drug-likeness (QED) is 0.500. The number of carboxylic acid groups (broad SMARTS) is 1. The normalized spacial score (nSPS) is 26.8. The Morgan fingerprint density at radius 1 is 1.21 bits per heavy atom. The minimum absolute atomic E-state index is 0.140. The van der Waals surface area contributed by atoms with E-state index in [0.29, 0.717) is 5.52 Å². The van der Waals surface area contributed by atoms with E-state index in [1.807, 2.05) is 0 Å². The Morgan fingerprint density at radius 2 is 1.96 bits per heavy atom. The number of hydrogen-bond acceptors (Lipinski definition) is 9. The predicted octanol–water partition coefficient (Wildman–Crippen LogP) is -1.54. The first kappa shape index (κ1) is 16.2. The fourth-order valence-electron chi connectivity index (χ4n) is 2.58. The second-order valence-electron chi connectivity index (χ2n) is 5.37. The third-order valence-electron chi connectivity index (χ3n) is 3.80. The third-order valence-corrected chi connectivity index (χ3v) is 3.80. The molecule has 0 aromatic carbocycles. The van der Waals surface area contributed by atoms with Crippen molar-refractivity contribution in [3.63, 3.8) is 0 Å². The lowest BCUT2D eigenvalue weighted by molar-refractivity contribution is -0.142.